The number of nitrogens with two attached hydrogens (primary N) is 1. The van der Waals surface area contributed by atoms with Crippen LogP contribution in [0.1, 0.15) is 38.5 Å². The Morgan fingerprint density at radius 3 is 2.60 bits per heavy atom. The first-order chi connectivity index (χ1) is 9.72. The number of hydrogen-bond donors (Lipinski definition) is 1. The SMILES string of the molecule is CC(C)COC(c1ccccn1)C(CN)N1CCCC1. The van der Waals surface area contributed by atoms with E-state index in [1.54, 1.807) is 0 Å². The third kappa shape index (κ3) is 4.01. The molecule has 112 valence electrons. The molecule has 4 nitrogen and oxygen atoms in total. The average Bonchev–Trinajstić information content (AvgIpc) is 2.98. The molecule has 1 aliphatic heterocycles. The first kappa shape index (κ1) is 15.4. The summed E-state index contributed by atoms with van der Waals surface area (Å²) in [5.41, 5.74) is 7.04. The minimum atomic E-state index is -0.0262. The minimum absolute atomic E-state index is 0.0262. The van der Waals surface area contributed by atoms with Gasteiger partial charge in [0.25, 0.3) is 0 Å². The summed E-state index contributed by atoms with van der Waals surface area (Å²) in [5.74, 6) is 0.512. The number of pyridine rings is 1. The number of nitrogens with zero attached hydrogens (tertiary/aromatic N) is 2. The Kier molecular flexibility index (Phi) is 5.95. The second-order valence-electron chi connectivity index (χ2n) is 5.95. The molecule has 2 unspecified atom stereocenters. The summed E-state index contributed by atoms with van der Waals surface area (Å²) in [4.78, 5) is 6.95. The van der Waals surface area contributed by atoms with E-state index in [9.17, 15) is 0 Å². The molecular weight excluding hydrogens is 250 g/mol. The van der Waals surface area contributed by atoms with E-state index < -0.39 is 0 Å². The van der Waals surface area contributed by atoms with Crippen molar-refractivity contribution in [1.82, 2.24) is 9.88 Å². The highest BCUT2D eigenvalue weighted by atomic mass is 16.5. The van der Waals surface area contributed by atoms with Crippen LogP contribution in [0.5, 0.6) is 0 Å². The fraction of sp³-hybridized carbons (Fsp3) is 0.688. The Hall–Kier alpha value is -0.970. The quantitative estimate of drug-likeness (QED) is 0.830. The smallest absolute Gasteiger partial charge is 0.116 e. The van der Waals surface area contributed by atoms with E-state index in [0.717, 1.165) is 25.4 Å². The maximum Gasteiger partial charge on any atom is 0.116 e. The molecule has 2 heterocycles. The second-order valence-corrected chi connectivity index (χ2v) is 5.95. The van der Waals surface area contributed by atoms with Gasteiger partial charge in [0, 0.05) is 19.3 Å². The molecule has 1 aliphatic rings. The van der Waals surface area contributed by atoms with Gasteiger partial charge in [0.2, 0.25) is 0 Å². The molecule has 2 rings (SSSR count). The van der Waals surface area contributed by atoms with E-state index in [-0.39, 0.29) is 12.1 Å². The monoisotopic (exact) mass is 277 g/mol. The summed E-state index contributed by atoms with van der Waals surface area (Å²) in [7, 11) is 0. The molecule has 0 radical (unpaired) electrons. The largest absolute Gasteiger partial charge is 0.370 e. The molecule has 0 aliphatic carbocycles. The van der Waals surface area contributed by atoms with E-state index in [4.69, 9.17) is 10.5 Å². The van der Waals surface area contributed by atoms with Gasteiger partial charge in [-0.05, 0) is 44.0 Å². The number of ether oxygens (including phenoxy) is 1. The highest BCUT2D eigenvalue weighted by Gasteiger charge is 2.31. The van der Waals surface area contributed by atoms with Crippen LogP contribution in [-0.4, -0.2) is 42.2 Å². The lowest BCUT2D eigenvalue weighted by Crippen LogP contribution is -2.44. The molecule has 2 N–H and O–H groups in total. The lowest BCUT2D eigenvalue weighted by molar-refractivity contribution is -0.0212. The maximum atomic E-state index is 6.17. The molecule has 0 spiro atoms. The molecule has 4 heteroatoms. The summed E-state index contributed by atoms with van der Waals surface area (Å²) >= 11 is 0. The summed E-state index contributed by atoms with van der Waals surface area (Å²) < 4.78 is 6.17. The molecule has 0 bridgehead atoms. The van der Waals surface area contributed by atoms with Crippen molar-refractivity contribution in [3.05, 3.63) is 30.1 Å². The predicted octanol–water partition coefficient (Wildman–Crippen LogP) is 2.22. The van der Waals surface area contributed by atoms with Crippen LogP contribution in [0, 0.1) is 5.92 Å². The fourth-order valence-corrected chi connectivity index (χ4v) is 2.77. The normalized spacial score (nSPS) is 19.4. The van der Waals surface area contributed by atoms with Crippen molar-refractivity contribution in [2.75, 3.05) is 26.2 Å². The number of hydrogen-bond acceptors (Lipinski definition) is 4. The van der Waals surface area contributed by atoms with E-state index in [2.05, 4.69) is 23.7 Å². The van der Waals surface area contributed by atoms with Gasteiger partial charge in [0.05, 0.1) is 11.7 Å². The van der Waals surface area contributed by atoms with Crippen molar-refractivity contribution < 1.29 is 4.74 Å². The average molecular weight is 277 g/mol. The standard InChI is InChI=1S/C16H27N3O/c1-13(2)12-20-16(14-7-3-4-8-18-14)15(11-17)19-9-5-6-10-19/h3-4,7-8,13,15-16H,5-6,9-12,17H2,1-2H3. The summed E-state index contributed by atoms with van der Waals surface area (Å²) in [6.07, 6.45) is 4.32. The first-order valence-corrected chi connectivity index (χ1v) is 7.69. The lowest BCUT2D eigenvalue weighted by Gasteiger charge is -2.33. The number of aromatic nitrogens is 1. The molecule has 0 saturated carbocycles. The maximum absolute atomic E-state index is 6.17. The molecule has 0 amide bonds. The van der Waals surface area contributed by atoms with Crippen molar-refractivity contribution in [3.8, 4) is 0 Å². The second kappa shape index (κ2) is 7.72. The molecule has 1 saturated heterocycles. The van der Waals surface area contributed by atoms with Crippen LogP contribution in [-0.2, 0) is 4.74 Å². The van der Waals surface area contributed by atoms with Crippen LogP contribution in [0.4, 0.5) is 0 Å². The third-order valence-electron chi connectivity index (χ3n) is 3.79. The van der Waals surface area contributed by atoms with Gasteiger partial charge in [-0.1, -0.05) is 19.9 Å². The van der Waals surface area contributed by atoms with Gasteiger partial charge in [-0.2, -0.15) is 0 Å². The Morgan fingerprint density at radius 2 is 2.05 bits per heavy atom. The van der Waals surface area contributed by atoms with Crippen LogP contribution in [0.15, 0.2) is 24.4 Å². The number of likely N-dealkylation sites (tertiary alicyclic amines) is 1. The zero-order valence-corrected chi connectivity index (χ0v) is 12.7. The van der Waals surface area contributed by atoms with Crippen molar-refractivity contribution in [2.45, 2.75) is 38.8 Å². The van der Waals surface area contributed by atoms with Crippen molar-refractivity contribution in [3.63, 3.8) is 0 Å². The molecule has 1 aromatic heterocycles. The predicted molar refractivity (Wildman–Crippen MR) is 81.4 cm³/mol. The van der Waals surface area contributed by atoms with Crippen LogP contribution >= 0.6 is 0 Å². The Labute approximate surface area is 122 Å². The van der Waals surface area contributed by atoms with E-state index in [1.165, 1.54) is 12.8 Å². The van der Waals surface area contributed by atoms with Gasteiger partial charge < -0.3 is 10.5 Å². The third-order valence-corrected chi connectivity index (χ3v) is 3.79. The van der Waals surface area contributed by atoms with Crippen LogP contribution in [0.3, 0.4) is 0 Å². The molecule has 0 aromatic carbocycles. The van der Waals surface area contributed by atoms with Crippen LogP contribution < -0.4 is 5.73 Å². The topological polar surface area (TPSA) is 51.4 Å². The molecule has 20 heavy (non-hydrogen) atoms. The summed E-state index contributed by atoms with van der Waals surface area (Å²) in [5, 5.41) is 0. The minimum Gasteiger partial charge on any atom is -0.370 e. The Bertz CT molecular complexity index is 377. The molecule has 2 atom stereocenters. The first-order valence-electron chi connectivity index (χ1n) is 7.69. The molecule has 1 fully saturated rings. The highest BCUT2D eigenvalue weighted by Crippen LogP contribution is 2.26. The highest BCUT2D eigenvalue weighted by molar-refractivity contribution is 5.10. The van der Waals surface area contributed by atoms with Gasteiger partial charge in [-0.15, -0.1) is 0 Å². The van der Waals surface area contributed by atoms with Crippen LogP contribution in [0.2, 0.25) is 0 Å². The van der Waals surface area contributed by atoms with Gasteiger partial charge in [0.1, 0.15) is 6.10 Å². The van der Waals surface area contributed by atoms with Gasteiger partial charge in [-0.25, -0.2) is 0 Å². The van der Waals surface area contributed by atoms with Crippen molar-refractivity contribution >= 4 is 0 Å². The zero-order valence-electron chi connectivity index (χ0n) is 12.7. The van der Waals surface area contributed by atoms with Crippen molar-refractivity contribution in [1.29, 1.82) is 0 Å². The Balaban J connectivity index is 2.15. The zero-order chi connectivity index (χ0) is 14.4. The van der Waals surface area contributed by atoms with Gasteiger partial charge >= 0.3 is 0 Å². The van der Waals surface area contributed by atoms with E-state index in [1.807, 2.05) is 24.4 Å². The van der Waals surface area contributed by atoms with Crippen molar-refractivity contribution in [2.24, 2.45) is 11.7 Å². The van der Waals surface area contributed by atoms with E-state index in [0.29, 0.717) is 12.5 Å². The summed E-state index contributed by atoms with van der Waals surface area (Å²) in [6, 6.07) is 6.23. The summed E-state index contributed by atoms with van der Waals surface area (Å²) in [6.45, 7) is 7.93. The lowest BCUT2D eigenvalue weighted by atomic mass is 10.1. The van der Waals surface area contributed by atoms with E-state index >= 15 is 0 Å². The van der Waals surface area contributed by atoms with Gasteiger partial charge in [-0.3, -0.25) is 9.88 Å². The Morgan fingerprint density at radius 1 is 1.30 bits per heavy atom. The fourth-order valence-electron chi connectivity index (χ4n) is 2.77. The molecular formula is C16H27N3O. The molecule has 1 aromatic rings. The van der Waals surface area contributed by atoms with Gasteiger partial charge in [0.15, 0.2) is 0 Å². The number of rotatable bonds is 7. The van der Waals surface area contributed by atoms with Crippen LogP contribution in [0.25, 0.3) is 0 Å².